The normalized spacial score (nSPS) is 16.6. The van der Waals surface area contributed by atoms with Gasteiger partial charge in [-0.1, -0.05) is 6.92 Å². The number of amides is 1. The third-order valence-electron chi connectivity index (χ3n) is 2.71. The Morgan fingerprint density at radius 3 is 2.06 bits per heavy atom. The maximum Gasteiger partial charge on any atom is 0.328 e. The van der Waals surface area contributed by atoms with Crippen LogP contribution >= 0.6 is 0 Å². The van der Waals surface area contributed by atoms with Gasteiger partial charge in [-0.2, -0.15) is 0 Å². The number of esters is 1. The van der Waals surface area contributed by atoms with Crippen LogP contribution in [0.1, 0.15) is 48.0 Å². The van der Waals surface area contributed by atoms with Gasteiger partial charge in [0, 0.05) is 7.11 Å². The summed E-state index contributed by atoms with van der Waals surface area (Å²) in [6.45, 7) is 10.5. The molecular weight excluding hydrogens is 234 g/mol. The lowest BCUT2D eigenvalue weighted by Crippen LogP contribution is -2.51. The molecule has 0 saturated heterocycles. The van der Waals surface area contributed by atoms with Crippen molar-refractivity contribution in [3.8, 4) is 0 Å². The molecule has 1 N–H and O–H groups in total. The number of carbonyl (C=O) groups is 2. The van der Waals surface area contributed by atoms with Crippen molar-refractivity contribution in [2.24, 2.45) is 0 Å². The molecule has 0 fully saturated rings. The van der Waals surface area contributed by atoms with Crippen LogP contribution in [0.5, 0.6) is 0 Å². The van der Waals surface area contributed by atoms with E-state index in [-0.39, 0.29) is 5.91 Å². The molecule has 0 aromatic carbocycles. The summed E-state index contributed by atoms with van der Waals surface area (Å²) >= 11 is 0. The van der Waals surface area contributed by atoms with Crippen LogP contribution in [-0.2, 0) is 19.1 Å². The lowest BCUT2D eigenvalue weighted by molar-refractivity contribution is -0.160. The second kappa shape index (κ2) is 6.18. The second-order valence-corrected chi connectivity index (χ2v) is 5.52. The SMILES string of the molecule is CCC(C)(OC)C(=O)N[C@@H](C)C(=O)OC(C)(C)C. The Balaban J connectivity index is 4.53. The van der Waals surface area contributed by atoms with Crippen LogP contribution in [0.15, 0.2) is 0 Å². The van der Waals surface area contributed by atoms with E-state index >= 15 is 0 Å². The van der Waals surface area contributed by atoms with E-state index in [1.165, 1.54) is 7.11 Å². The Morgan fingerprint density at radius 1 is 1.22 bits per heavy atom. The van der Waals surface area contributed by atoms with Gasteiger partial charge in [-0.15, -0.1) is 0 Å². The van der Waals surface area contributed by atoms with Crippen molar-refractivity contribution in [1.82, 2.24) is 5.32 Å². The summed E-state index contributed by atoms with van der Waals surface area (Å²) in [6.07, 6.45) is 0.524. The Labute approximate surface area is 109 Å². The minimum Gasteiger partial charge on any atom is -0.458 e. The smallest absolute Gasteiger partial charge is 0.328 e. The van der Waals surface area contributed by atoms with E-state index in [2.05, 4.69) is 5.32 Å². The van der Waals surface area contributed by atoms with E-state index < -0.39 is 23.2 Å². The lowest BCUT2D eigenvalue weighted by atomic mass is 10.0. The van der Waals surface area contributed by atoms with Crippen LogP contribution in [0.3, 0.4) is 0 Å². The first-order chi connectivity index (χ1) is 8.05. The third-order valence-corrected chi connectivity index (χ3v) is 2.71. The van der Waals surface area contributed by atoms with Gasteiger partial charge >= 0.3 is 5.97 Å². The lowest BCUT2D eigenvalue weighted by Gasteiger charge is -2.28. The number of hydrogen-bond acceptors (Lipinski definition) is 4. The van der Waals surface area contributed by atoms with Crippen LogP contribution in [0.4, 0.5) is 0 Å². The second-order valence-electron chi connectivity index (χ2n) is 5.52. The zero-order valence-corrected chi connectivity index (χ0v) is 12.4. The first-order valence-electron chi connectivity index (χ1n) is 6.14. The third kappa shape index (κ3) is 5.04. The molecule has 18 heavy (non-hydrogen) atoms. The number of methoxy groups -OCH3 is 1. The zero-order valence-electron chi connectivity index (χ0n) is 12.4. The standard InChI is InChI=1S/C13H25NO4/c1-8-13(6,17-7)11(16)14-9(2)10(15)18-12(3,4)5/h9H,8H2,1-7H3,(H,14,16)/t9-,13?/m0/s1. The van der Waals surface area contributed by atoms with E-state index in [1.54, 1.807) is 34.6 Å². The fraction of sp³-hybridized carbons (Fsp3) is 0.846. The van der Waals surface area contributed by atoms with Crippen molar-refractivity contribution >= 4 is 11.9 Å². The number of nitrogens with one attached hydrogen (secondary N) is 1. The molecule has 5 nitrogen and oxygen atoms in total. The minimum absolute atomic E-state index is 0.314. The van der Waals surface area contributed by atoms with Crippen molar-refractivity contribution in [2.45, 2.75) is 65.2 Å². The monoisotopic (exact) mass is 259 g/mol. The molecule has 0 aromatic rings. The number of ether oxygens (including phenoxy) is 2. The van der Waals surface area contributed by atoms with Crippen molar-refractivity contribution in [3.63, 3.8) is 0 Å². The van der Waals surface area contributed by atoms with E-state index in [1.807, 2.05) is 6.92 Å². The Bertz CT molecular complexity index is 303. The highest BCUT2D eigenvalue weighted by Crippen LogP contribution is 2.15. The van der Waals surface area contributed by atoms with E-state index in [0.29, 0.717) is 6.42 Å². The summed E-state index contributed by atoms with van der Waals surface area (Å²) in [5.74, 6) is -0.767. The zero-order chi connectivity index (χ0) is 14.6. The molecule has 0 saturated carbocycles. The molecule has 0 rings (SSSR count). The molecule has 2 atom stereocenters. The highest BCUT2D eigenvalue weighted by atomic mass is 16.6. The fourth-order valence-electron chi connectivity index (χ4n) is 1.20. The van der Waals surface area contributed by atoms with Gasteiger partial charge in [-0.05, 0) is 41.0 Å². The first-order valence-corrected chi connectivity index (χ1v) is 6.14. The Morgan fingerprint density at radius 2 is 1.72 bits per heavy atom. The van der Waals surface area contributed by atoms with Gasteiger partial charge < -0.3 is 14.8 Å². The molecule has 0 spiro atoms. The topological polar surface area (TPSA) is 64.6 Å². The predicted octanol–water partition coefficient (Wildman–Crippen LogP) is 1.65. The van der Waals surface area contributed by atoms with Gasteiger partial charge in [-0.3, -0.25) is 4.79 Å². The maximum atomic E-state index is 12.0. The molecular formula is C13H25NO4. The molecule has 0 heterocycles. The molecule has 5 heteroatoms. The average Bonchev–Trinajstić information content (AvgIpc) is 2.25. The summed E-state index contributed by atoms with van der Waals surface area (Å²) in [4.78, 5) is 23.7. The van der Waals surface area contributed by atoms with Gasteiger partial charge in [0.05, 0.1) is 0 Å². The summed E-state index contributed by atoms with van der Waals surface area (Å²) < 4.78 is 10.4. The number of rotatable bonds is 5. The summed E-state index contributed by atoms with van der Waals surface area (Å²) in [7, 11) is 1.47. The Kier molecular flexibility index (Phi) is 5.80. The molecule has 0 aromatic heterocycles. The highest BCUT2D eigenvalue weighted by molar-refractivity contribution is 5.89. The average molecular weight is 259 g/mol. The molecule has 0 radical (unpaired) electrons. The Hall–Kier alpha value is -1.10. The first kappa shape index (κ1) is 16.9. The highest BCUT2D eigenvalue weighted by Gasteiger charge is 2.33. The number of hydrogen-bond donors (Lipinski definition) is 1. The van der Waals surface area contributed by atoms with Gasteiger partial charge in [0.25, 0.3) is 5.91 Å². The van der Waals surface area contributed by atoms with Crippen molar-refractivity contribution in [3.05, 3.63) is 0 Å². The minimum atomic E-state index is -0.920. The van der Waals surface area contributed by atoms with Crippen molar-refractivity contribution in [1.29, 1.82) is 0 Å². The van der Waals surface area contributed by atoms with Gasteiger partial charge in [0.1, 0.15) is 17.2 Å². The van der Waals surface area contributed by atoms with Crippen LogP contribution in [0.2, 0.25) is 0 Å². The largest absolute Gasteiger partial charge is 0.458 e. The van der Waals surface area contributed by atoms with Crippen molar-refractivity contribution in [2.75, 3.05) is 7.11 Å². The van der Waals surface area contributed by atoms with Gasteiger partial charge in [0.2, 0.25) is 0 Å². The maximum absolute atomic E-state index is 12.0. The van der Waals surface area contributed by atoms with Crippen molar-refractivity contribution < 1.29 is 19.1 Å². The number of carbonyl (C=O) groups excluding carboxylic acids is 2. The van der Waals surface area contributed by atoms with Crippen LogP contribution in [-0.4, -0.2) is 36.2 Å². The van der Waals surface area contributed by atoms with E-state index in [9.17, 15) is 9.59 Å². The quantitative estimate of drug-likeness (QED) is 0.762. The molecule has 0 bridgehead atoms. The van der Waals surface area contributed by atoms with Crippen LogP contribution in [0, 0.1) is 0 Å². The molecule has 1 unspecified atom stereocenters. The molecule has 0 aliphatic heterocycles. The molecule has 0 aliphatic carbocycles. The predicted molar refractivity (Wildman–Crippen MR) is 69.2 cm³/mol. The van der Waals surface area contributed by atoms with Gasteiger partial charge in [-0.25, -0.2) is 4.79 Å². The van der Waals surface area contributed by atoms with Gasteiger partial charge in [0.15, 0.2) is 0 Å². The summed E-state index contributed by atoms with van der Waals surface area (Å²) in [5.41, 5.74) is -1.48. The van der Waals surface area contributed by atoms with Crippen LogP contribution < -0.4 is 5.32 Å². The van der Waals surface area contributed by atoms with E-state index in [0.717, 1.165) is 0 Å². The van der Waals surface area contributed by atoms with Crippen LogP contribution in [0.25, 0.3) is 0 Å². The summed E-state index contributed by atoms with van der Waals surface area (Å²) in [5, 5.41) is 2.61. The molecule has 1 amide bonds. The fourth-order valence-corrected chi connectivity index (χ4v) is 1.20. The van der Waals surface area contributed by atoms with E-state index in [4.69, 9.17) is 9.47 Å². The molecule has 0 aliphatic rings. The molecule has 106 valence electrons. The summed E-state index contributed by atoms with van der Waals surface area (Å²) in [6, 6.07) is -0.697.